The molecule has 0 spiro atoms. The molecule has 0 unspecified atom stereocenters. The third kappa shape index (κ3) is 4.36. The Labute approximate surface area is 128 Å². The molecule has 0 fully saturated rings. The normalized spacial score (nSPS) is 12.3. The van der Waals surface area contributed by atoms with Crippen molar-refractivity contribution in [2.24, 2.45) is 4.99 Å². The Kier molecular flexibility index (Phi) is 5.00. The quantitative estimate of drug-likeness (QED) is 0.655. The van der Waals surface area contributed by atoms with Crippen LogP contribution in [0.2, 0.25) is 0 Å². The van der Waals surface area contributed by atoms with Crippen LogP contribution < -0.4 is 4.74 Å². The van der Waals surface area contributed by atoms with Crippen LogP contribution in [0, 0.1) is 0 Å². The summed E-state index contributed by atoms with van der Waals surface area (Å²) in [6.45, 7) is 1.49. The molecule has 0 bridgehead atoms. The van der Waals surface area contributed by atoms with Gasteiger partial charge in [-0.25, -0.2) is 4.79 Å². The van der Waals surface area contributed by atoms with Gasteiger partial charge in [0.05, 0.1) is 5.69 Å². The van der Waals surface area contributed by atoms with Crippen LogP contribution in [0.25, 0.3) is 0 Å². The van der Waals surface area contributed by atoms with E-state index in [0.29, 0.717) is 5.75 Å². The predicted octanol–water partition coefficient (Wildman–Crippen LogP) is 3.58. The maximum absolute atomic E-state index is 10.7. The molecule has 0 aliphatic rings. The van der Waals surface area contributed by atoms with Crippen molar-refractivity contribution in [2.75, 3.05) is 0 Å². The molecule has 0 aliphatic heterocycles. The zero-order valence-corrected chi connectivity index (χ0v) is 12.3. The van der Waals surface area contributed by atoms with Crippen molar-refractivity contribution in [2.45, 2.75) is 17.9 Å². The summed E-state index contributed by atoms with van der Waals surface area (Å²) in [5.74, 6) is -0.484. The van der Waals surface area contributed by atoms with Crippen molar-refractivity contribution in [3.05, 3.63) is 54.1 Å². The lowest BCUT2D eigenvalue weighted by atomic mass is 10.2. The Morgan fingerprint density at radius 2 is 1.90 bits per heavy atom. The minimum atomic E-state index is -0.994. The lowest BCUT2D eigenvalue weighted by Crippen LogP contribution is -2.22. The molecule has 0 heterocycles. The molecule has 108 valence electrons. The number of hydrogen-bond donors (Lipinski definition) is 2. The number of aliphatic carboxylic acids is 1. The third-order valence-corrected chi connectivity index (χ3v) is 3.15. The van der Waals surface area contributed by atoms with Gasteiger partial charge in [-0.2, -0.15) is 0 Å². The summed E-state index contributed by atoms with van der Waals surface area (Å²) < 4.78 is 5.26. The standard InChI is InChI=1S/C16H15NO3S/c1-11(16(18)19)20-13-8-6-12(7-9-13)10-17-14-4-2-3-5-15(14)21/h2-11,21H,1H3,(H,18,19)/t11-/m1/s1. The molecule has 0 aromatic heterocycles. The maximum Gasteiger partial charge on any atom is 0.344 e. The van der Waals surface area contributed by atoms with Gasteiger partial charge in [0.2, 0.25) is 0 Å². The zero-order chi connectivity index (χ0) is 15.2. The van der Waals surface area contributed by atoms with Crippen molar-refractivity contribution in [3.63, 3.8) is 0 Å². The van der Waals surface area contributed by atoms with Crippen molar-refractivity contribution in [1.82, 2.24) is 0 Å². The highest BCUT2D eigenvalue weighted by atomic mass is 32.1. The molecule has 0 saturated carbocycles. The van der Waals surface area contributed by atoms with Crippen molar-refractivity contribution in [1.29, 1.82) is 0 Å². The van der Waals surface area contributed by atoms with Gasteiger partial charge in [0, 0.05) is 11.1 Å². The van der Waals surface area contributed by atoms with Gasteiger partial charge in [0.25, 0.3) is 0 Å². The number of para-hydroxylation sites is 1. The monoisotopic (exact) mass is 301 g/mol. The number of aliphatic imine (C=N–C) groups is 1. The van der Waals surface area contributed by atoms with E-state index in [0.717, 1.165) is 16.1 Å². The van der Waals surface area contributed by atoms with Gasteiger partial charge in [-0.15, -0.1) is 12.6 Å². The summed E-state index contributed by atoms with van der Waals surface area (Å²) in [7, 11) is 0. The van der Waals surface area contributed by atoms with Crippen LogP contribution >= 0.6 is 12.6 Å². The van der Waals surface area contributed by atoms with E-state index in [4.69, 9.17) is 9.84 Å². The molecule has 21 heavy (non-hydrogen) atoms. The van der Waals surface area contributed by atoms with Crippen LogP contribution in [0.4, 0.5) is 5.69 Å². The number of carboxylic acids is 1. The summed E-state index contributed by atoms with van der Waals surface area (Å²) in [5.41, 5.74) is 1.68. The van der Waals surface area contributed by atoms with Crippen molar-refractivity contribution >= 4 is 30.5 Å². The SMILES string of the molecule is C[C@@H](Oc1ccc(C=Nc2ccccc2S)cc1)C(=O)O. The van der Waals surface area contributed by atoms with Gasteiger partial charge < -0.3 is 9.84 Å². The fourth-order valence-corrected chi connectivity index (χ4v) is 1.82. The highest BCUT2D eigenvalue weighted by molar-refractivity contribution is 7.80. The number of hydrogen-bond acceptors (Lipinski definition) is 4. The molecule has 5 heteroatoms. The second-order valence-corrected chi connectivity index (χ2v) is 4.90. The minimum absolute atomic E-state index is 0.511. The topological polar surface area (TPSA) is 58.9 Å². The first-order chi connectivity index (χ1) is 10.1. The van der Waals surface area contributed by atoms with Gasteiger partial charge in [-0.1, -0.05) is 12.1 Å². The third-order valence-electron chi connectivity index (χ3n) is 2.78. The molecule has 0 amide bonds. The summed E-state index contributed by atoms with van der Waals surface area (Å²) in [5, 5.41) is 8.78. The van der Waals surface area contributed by atoms with Gasteiger partial charge in [-0.05, 0) is 48.9 Å². The summed E-state index contributed by atoms with van der Waals surface area (Å²) in [4.78, 5) is 15.9. The summed E-state index contributed by atoms with van der Waals surface area (Å²) >= 11 is 4.33. The predicted molar refractivity (Wildman–Crippen MR) is 85.1 cm³/mol. The van der Waals surface area contributed by atoms with E-state index in [9.17, 15) is 4.79 Å². The number of thiol groups is 1. The van der Waals surface area contributed by atoms with Crippen LogP contribution in [0.15, 0.2) is 58.4 Å². The smallest absolute Gasteiger partial charge is 0.344 e. The van der Waals surface area contributed by atoms with E-state index < -0.39 is 12.1 Å². The van der Waals surface area contributed by atoms with E-state index in [-0.39, 0.29) is 0 Å². The largest absolute Gasteiger partial charge is 0.479 e. The molecule has 1 atom stereocenters. The van der Waals surface area contributed by atoms with E-state index in [1.165, 1.54) is 6.92 Å². The van der Waals surface area contributed by atoms with Gasteiger partial charge in [-0.3, -0.25) is 4.99 Å². The van der Waals surface area contributed by atoms with Crippen LogP contribution in [0.3, 0.4) is 0 Å². The lowest BCUT2D eigenvalue weighted by Gasteiger charge is -2.09. The molecule has 4 nitrogen and oxygen atoms in total. The zero-order valence-electron chi connectivity index (χ0n) is 11.4. The van der Waals surface area contributed by atoms with Crippen molar-refractivity contribution < 1.29 is 14.6 Å². The minimum Gasteiger partial charge on any atom is -0.479 e. The van der Waals surface area contributed by atoms with Crippen molar-refractivity contribution in [3.8, 4) is 5.75 Å². The number of carboxylic acid groups (broad SMARTS) is 1. The van der Waals surface area contributed by atoms with Crippen LogP contribution in [0.1, 0.15) is 12.5 Å². The van der Waals surface area contributed by atoms with Crippen LogP contribution in [0.5, 0.6) is 5.75 Å². The highest BCUT2D eigenvalue weighted by Crippen LogP contribution is 2.22. The molecular formula is C16H15NO3S. The molecular weight excluding hydrogens is 286 g/mol. The second-order valence-electron chi connectivity index (χ2n) is 4.41. The maximum atomic E-state index is 10.7. The molecule has 0 saturated heterocycles. The average Bonchev–Trinajstić information content (AvgIpc) is 2.48. The number of nitrogens with zero attached hydrogens (tertiary/aromatic N) is 1. The number of carbonyl (C=O) groups is 1. The van der Waals surface area contributed by atoms with E-state index in [2.05, 4.69) is 17.6 Å². The number of ether oxygens (including phenoxy) is 1. The highest BCUT2D eigenvalue weighted by Gasteiger charge is 2.11. The Morgan fingerprint density at radius 1 is 1.24 bits per heavy atom. The molecule has 2 aromatic rings. The van der Waals surface area contributed by atoms with Crippen LogP contribution in [-0.4, -0.2) is 23.4 Å². The van der Waals surface area contributed by atoms with Crippen LogP contribution in [-0.2, 0) is 4.79 Å². The van der Waals surface area contributed by atoms with Gasteiger partial charge in [0.1, 0.15) is 5.75 Å². The summed E-state index contributed by atoms with van der Waals surface area (Å²) in [6, 6.07) is 14.6. The van der Waals surface area contributed by atoms with E-state index >= 15 is 0 Å². The fraction of sp³-hybridized carbons (Fsp3) is 0.125. The van der Waals surface area contributed by atoms with Gasteiger partial charge in [0.15, 0.2) is 6.10 Å². The molecule has 0 aliphatic carbocycles. The Bertz CT molecular complexity index is 653. The Morgan fingerprint density at radius 3 is 2.52 bits per heavy atom. The average molecular weight is 301 g/mol. The van der Waals surface area contributed by atoms with E-state index in [1.807, 2.05) is 36.4 Å². The molecule has 2 aromatic carbocycles. The lowest BCUT2D eigenvalue weighted by molar-refractivity contribution is -0.144. The Hall–Kier alpha value is -2.27. The van der Waals surface area contributed by atoms with Gasteiger partial charge >= 0.3 is 5.97 Å². The first-order valence-corrected chi connectivity index (χ1v) is 6.82. The Balaban J connectivity index is 2.06. The number of benzene rings is 2. The number of rotatable bonds is 5. The molecule has 0 radical (unpaired) electrons. The fourth-order valence-electron chi connectivity index (χ4n) is 1.60. The second kappa shape index (κ2) is 6.95. The summed E-state index contributed by atoms with van der Waals surface area (Å²) in [6.07, 6.45) is 0.847. The molecule has 2 rings (SSSR count). The first-order valence-electron chi connectivity index (χ1n) is 6.38. The van der Waals surface area contributed by atoms with E-state index in [1.54, 1.807) is 18.3 Å². The first kappa shape index (κ1) is 15.1. The molecule has 1 N–H and O–H groups in total.